The molecule has 0 bridgehead atoms. The molecular weight excluding hydrogens is 316 g/mol. The van der Waals surface area contributed by atoms with Crippen molar-refractivity contribution in [3.05, 3.63) is 35.4 Å². The van der Waals surface area contributed by atoms with Crippen LogP contribution in [0.4, 0.5) is 4.79 Å². The third-order valence-electron chi connectivity index (χ3n) is 4.95. The summed E-state index contributed by atoms with van der Waals surface area (Å²) in [4.78, 5) is 12.3. The van der Waals surface area contributed by atoms with Gasteiger partial charge < -0.3 is 20.5 Å². The summed E-state index contributed by atoms with van der Waals surface area (Å²) in [6, 6.07) is 7.35. The highest BCUT2D eigenvalue weighted by Crippen LogP contribution is 2.25. The Morgan fingerprint density at radius 1 is 1.32 bits per heavy atom. The molecule has 3 N–H and O–H groups in total. The fourth-order valence-electron chi connectivity index (χ4n) is 3.47. The molecule has 140 valence electrons. The Bertz CT molecular complexity index is 530. The smallest absolute Gasteiger partial charge is 0.315 e. The Hall–Kier alpha value is -1.59. The molecule has 5 nitrogen and oxygen atoms in total. The Balaban J connectivity index is 1.86. The zero-order valence-electron chi connectivity index (χ0n) is 15.6. The van der Waals surface area contributed by atoms with Crippen LogP contribution in [-0.2, 0) is 11.2 Å². The van der Waals surface area contributed by atoms with E-state index >= 15 is 0 Å². The molecule has 1 heterocycles. The lowest BCUT2D eigenvalue weighted by Gasteiger charge is -2.34. The van der Waals surface area contributed by atoms with Gasteiger partial charge in [0.25, 0.3) is 0 Å². The molecule has 1 saturated heterocycles. The van der Waals surface area contributed by atoms with Crippen molar-refractivity contribution in [1.82, 2.24) is 10.6 Å². The lowest BCUT2D eigenvalue weighted by Crippen LogP contribution is -2.45. The summed E-state index contributed by atoms with van der Waals surface area (Å²) in [5.41, 5.74) is 2.15. The number of urea groups is 1. The molecule has 1 fully saturated rings. The number of carbonyl (C=O) groups is 1. The summed E-state index contributed by atoms with van der Waals surface area (Å²) < 4.78 is 5.87. The number of carbonyl (C=O) groups excluding carboxylic acids is 1. The summed E-state index contributed by atoms with van der Waals surface area (Å²) in [6.07, 6.45) is 3.29. The van der Waals surface area contributed by atoms with Crippen molar-refractivity contribution in [2.24, 2.45) is 11.8 Å². The average molecular weight is 348 g/mol. The van der Waals surface area contributed by atoms with E-state index in [1.807, 2.05) is 24.3 Å². The number of aliphatic hydroxyl groups excluding tert-OH is 1. The Kier molecular flexibility index (Phi) is 7.72. The van der Waals surface area contributed by atoms with Gasteiger partial charge in [0.05, 0.1) is 18.8 Å². The number of hydrogen-bond acceptors (Lipinski definition) is 3. The fraction of sp³-hybridized carbons (Fsp3) is 0.650. The van der Waals surface area contributed by atoms with Gasteiger partial charge in [0.15, 0.2) is 0 Å². The largest absolute Gasteiger partial charge is 0.394 e. The van der Waals surface area contributed by atoms with Crippen molar-refractivity contribution >= 4 is 6.03 Å². The highest BCUT2D eigenvalue weighted by atomic mass is 16.5. The van der Waals surface area contributed by atoms with E-state index in [1.54, 1.807) is 0 Å². The molecule has 0 aromatic heterocycles. The van der Waals surface area contributed by atoms with Crippen LogP contribution in [0, 0.1) is 11.8 Å². The van der Waals surface area contributed by atoms with Crippen LogP contribution in [0.5, 0.6) is 0 Å². The van der Waals surface area contributed by atoms with Crippen molar-refractivity contribution in [2.75, 3.05) is 19.8 Å². The van der Waals surface area contributed by atoms with E-state index in [-0.39, 0.29) is 18.7 Å². The van der Waals surface area contributed by atoms with E-state index in [0.29, 0.717) is 18.4 Å². The molecule has 1 aromatic carbocycles. The van der Waals surface area contributed by atoms with E-state index in [9.17, 15) is 9.90 Å². The number of benzene rings is 1. The van der Waals surface area contributed by atoms with Gasteiger partial charge in [-0.1, -0.05) is 45.0 Å². The van der Waals surface area contributed by atoms with Crippen molar-refractivity contribution in [3.63, 3.8) is 0 Å². The van der Waals surface area contributed by atoms with Gasteiger partial charge in [0, 0.05) is 19.1 Å². The molecule has 1 aliphatic rings. The van der Waals surface area contributed by atoms with E-state index in [0.717, 1.165) is 31.4 Å². The first-order chi connectivity index (χ1) is 12.0. The van der Waals surface area contributed by atoms with Crippen LogP contribution < -0.4 is 10.6 Å². The predicted molar refractivity (Wildman–Crippen MR) is 99.5 cm³/mol. The first-order valence-corrected chi connectivity index (χ1v) is 9.40. The van der Waals surface area contributed by atoms with Gasteiger partial charge in [-0.25, -0.2) is 4.79 Å². The minimum atomic E-state index is -0.394. The SMILES string of the molecule is CCc1ccc(C(CO)NC(=O)NCC2CCCOC2C(C)C)cc1. The molecule has 0 saturated carbocycles. The quantitative estimate of drug-likeness (QED) is 0.709. The maximum Gasteiger partial charge on any atom is 0.315 e. The molecule has 2 amide bonds. The molecule has 2 rings (SSSR count). The molecule has 3 unspecified atom stereocenters. The lowest BCUT2D eigenvalue weighted by atomic mass is 9.87. The van der Waals surface area contributed by atoms with Gasteiger partial charge in [0.1, 0.15) is 0 Å². The maximum absolute atomic E-state index is 12.3. The lowest BCUT2D eigenvalue weighted by molar-refractivity contribution is -0.0508. The summed E-state index contributed by atoms with van der Waals surface area (Å²) >= 11 is 0. The molecule has 1 aromatic rings. The highest BCUT2D eigenvalue weighted by molar-refractivity contribution is 5.74. The number of aryl methyl sites for hydroxylation is 1. The van der Waals surface area contributed by atoms with Gasteiger partial charge in [-0.05, 0) is 36.3 Å². The Morgan fingerprint density at radius 3 is 2.64 bits per heavy atom. The first kappa shape index (κ1) is 19.7. The molecule has 0 spiro atoms. The van der Waals surface area contributed by atoms with Crippen LogP contribution >= 0.6 is 0 Å². The topological polar surface area (TPSA) is 70.6 Å². The van der Waals surface area contributed by atoms with Crippen LogP contribution in [0.25, 0.3) is 0 Å². The van der Waals surface area contributed by atoms with Crippen LogP contribution in [0.1, 0.15) is 50.8 Å². The summed E-state index contributed by atoms with van der Waals surface area (Å²) in [5.74, 6) is 0.786. The van der Waals surface area contributed by atoms with Crippen LogP contribution in [-0.4, -0.2) is 37.0 Å². The second-order valence-electron chi connectivity index (χ2n) is 7.17. The van der Waals surface area contributed by atoms with Crippen LogP contribution in [0.2, 0.25) is 0 Å². The standard InChI is InChI=1S/C20H32N2O3/c1-4-15-7-9-16(10-8-15)18(13-23)22-20(24)21-12-17-6-5-11-25-19(17)14(2)3/h7-10,14,17-19,23H,4-6,11-13H2,1-3H3,(H2,21,22,24). The molecule has 0 aliphatic carbocycles. The summed E-state index contributed by atoms with van der Waals surface area (Å²) in [6.45, 7) is 7.70. The normalized spacial score (nSPS) is 21.8. The van der Waals surface area contributed by atoms with Gasteiger partial charge >= 0.3 is 6.03 Å². The van der Waals surface area contributed by atoms with Crippen molar-refractivity contribution < 1.29 is 14.6 Å². The molecular formula is C20H32N2O3. The van der Waals surface area contributed by atoms with E-state index in [2.05, 4.69) is 31.4 Å². The number of ether oxygens (including phenoxy) is 1. The molecule has 5 heteroatoms. The number of hydrogen-bond donors (Lipinski definition) is 3. The predicted octanol–water partition coefficient (Wildman–Crippen LogP) is 3.03. The second-order valence-corrected chi connectivity index (χ2v) is 7.17. The van der Waals surface area contributed by atoms with Gasteiger partial charge in [-0.2, -0.15) is 0 Å². The number of nitrogens with one attached hydrogen (secondary N) is 2. The van der Waals surface area contributed by atoms with E-state index in [4.69, 9.17) is 4.74 Å². The molecule has 3 atom stereocenters. The first-order valence-electron chi connectivity index (χ1n) is 9.40. The number of rotatable bonds is 7. The zero-order valence-corrected chi connectivity index (χ0v) is 15.6. The molecule has 25 heavy (non-hydrogen) atoms. The minimum absolute atomic E-state index is 0.125. The monoisotopic (exact) mass is 348 g/mol. The van der Waals surface area contributed by atoms with Gasteiger partial charge in [0.2, 0.25) is 0 Å². The van der Waals surface area contributed by atoms with Gasteiger partial charge in [-0.15, -0.1) is 0 Å². The molecule has 0 radical (unpaired) electrons. The number of amides is 2. The zero-order chi connectivity index (χ0) is 18.2. The van der Waals surface area contributed by atoms with Crippen molar-refractivity contribution in [1.29, 1.82) is 0 Å². The van der Waals surface area contributed by atoms with Crippen LogP contribution in [0.3, 0.4) is 0 Å². The second kappa shape index (κ2) is 9.78. The van der Waals surface area contributed by atoms with Crippen LogP contribution in [0.15, 0.2) is 24.3 Å². The van der Waals surface area contributed by atoms with Gasteiger partial charge in [-0.3, -0.25) is 0 Å². The van der Waals surface area contributed by atoms with Crippen molar-refractivity contribution in [2.45, 2.75) is 52.2 Å². The van der Waals surface area contributed by atoms with E-state index in [1.165, 1.54) is 5.56 Å². The fourth-order valence-corrected chi connectivity index (χ4v) is 3.47. The highest BCUT2D eigenvalue weighted by Gasteiger charge is 2.28. The summed E-state index contributed by atoms with van der Waals surface area (Å²) in [7, 11) is 0. The Labute approximate surface area is 151 Å². The van der Waals surface area contributed by atoms with Crippen molar-refractivity contribution in [3.8, 4) is 0 Å². The third-order valence-corrected chi connectivity index (χ3v) is 4.95. The third kappa shape index (κ3) is 5.72. The average Bonchev–Trinajstić information content (AvgIpc) is 2.64. The number of aliphatic hydroxyl groups is 1. The summed E-state index contributed by atoms with van der Waals surface area (Å²) in [5, 5.41) is 15.4. The Morgan fingerprint density at radius 2 is 2.04 bits per heavy atom. The minimum Gasteiger partial charge on any atom is -0.394 e. The molecule has 1 aliphatic heterocycles. The van der Waals surface area contributed by atoms with E-state index < -0.39 is 6.04 Å². The maximum atomic E-state index is 12.3.